The summed E-state index contributed by atoms with van der Waals surface area (Å²) in [5, 5.41) is 5.08. The molecule has 0 bridgehead atoms. The molecule has 0 saturated carbocycles. The summed E-state index contributed by atoms with van der Waals surface area (Å²) in [6.45, 7) is 2.48. The van der Waals surface area contributed by atoms with Crippen molar-refractivity contribution in [3.05, 3.63) is 36.2 Å². The van der Waals surface area contributed by atoms with Crippen LogP contribution < -0.4 is 10.1 Å². The molecule has 0 aliphatic rings. The van der Waals surface area contributed by atoms with Crippen molar-refractivity contribution in [2.75, 3.05) is 13.7 Å². The van der Waals surface area contributed by atoms with Crippen LogP contribution in [0.1, 0.15) is 18.9 Å². The van der Waals surface area contributed by atoms with Crippen LogP contribution in [0.4, 0.5) is 0 Å². The van der Waals surface area contributed by atoms with E-state index in [1.54, 1.807) is 7.11 Å². The number of ether oxygens (including phenoxy) is 1. The van der Waals surface area contributed by atoms with Crippen LogP contribution in [-0.2, 0) is 11.2 Å². The van der Waals surface area contributed by atoms with Gasteiger partial charge >= 0.3 is 0 Å². The van der Waals surface area contributed by atoms with Gasteiger partial charge in [0.1, 0.15) is 5.75 Å². The molecule has 0 radical (unpaired) electrons. The van der Waals surface area contributed by atoms with Crippen LogP contribution in [-0.4, -0.2) is 24.5 Å². The Bertz CT molecular complexity index is 581. The number of hydrogen-bond acceptors (Lipinski definition) is 3. The molecule has 1 N–H and O–H groups in total. The molecule has 0 aliphatic carbocycles. The number of amides is 1. The predicted octanol–water partition coefficient (Wildman–Crippen LogP) is 2.31. The van der Waals surface area contributed by atoms with E-state index in [1.165, 1.54) is 0 Å². The topological polar surface area (TPSA) is 51.2 Å². The van der Waals surface area contributed by atoms with Crippen LogP contribution in [0.25, 0.3) is 10.8 Å². The van der Waals surface area contributed by atoms with Gasteiger partial charge in [-0.15, -0.1) is 0 Å². The summed E-state index contributed by atoms with van der Waals surface area (Å²) in [6.07, 6.45) is 4.97. The second-order valence-electron chi connectivity index (χ2n) is 4.34. The number of rotatable bonds is 5. The lowest BCUT2D eigenvalue weighted by Crippen LogP contribution is -2.24. The highest BCUT2D eigenvalue weighted by molar-refractivity contribution is 5.86. The fraction of sp³-hybridized carbons (Fsp3) is 0.333. The molecule has 100 valence electrons. The number of hydrogen-bond donors (Lipinski definition) is 1. The minimum atomic E-state index is 0.0748. The van der Waals surface area contributed by atoms with Crippen molar-refractivity contribution in [2.45, 2.75) is 19.8 Å². The van der Waals surface area contributed by atoms with E-state index in [0.29, 0.717) is 13.0 Å². The lowest BCUT2D eigenvalue weighted by atomic mass is 10.1. The minimum Gasteiger partial charge on any atom is -0.497 e. The molecule has 1 aromatic carbocycles. The Kier molecular flexibility index (Phi) is 4.34. The molecule has 1 aromatic heterocycles. The molecule has 2 aromatic rings. The number of pyridine rings is 1. The van der Waals surface area contributed by atoms with E-state index in [9.17, 15) is 4.79 Å². The Labute approximate surface area is 112 Å². The molecular weight excluding hydrogens is 240 g/mol. The van der Waals surface area contributed by atoms with Gasteiger partial charge in [0.25, 0.3) is 0 Å². The van der Waals surface area contributed by atoms with E-state index in [4.69, 9.17) is 4.74 Å². The summed E-state index contributed by atoms with van der Waals surface area (Å²) in [7, 11) is 1.66. The van der Waals surface area contributed by atoms with Crippen molar-refractivity contribution < 1.29 is 9.53 Å². The van der Waals surface area contributed by atoms with Crippen LogP contribution in [0.15, 0.2) is 30.6 Å². The Morgan fingerprint density at radius 2 is 2.21 bits per heavy atom. The van der Waals surface area contributed by atoms with E-state index < -0.39 is 0 Å². The van der Waals surface area contributed by atoms with Crippen molar-refractivity contribution in [1.82, 2.24) is 10.3 Å². The summed E-state index contributed by atoms with van der Waals surface area (Å²) < 4.78 is 5.25. The standard InChI is InChI=1S/C15H18N2O2/c1-3-15(18)17-7-6-12-10-16-9-11-4-5-13(19-2)8-14(11)12/h4-5,8-10H,3,6-7H2,1-2H3,(H,17,18). The largest absolute Gasteiger partial charge is 0.497 e. The molecule has 2 rings (SSSR count). The van der Waals surface area contributed by atoms with Crippen LogP contribution >= 0.6 is 0 Å². The molecule has 4 heteroatoms. The van der Waals surface area contributed by atoms with Gasteiger partial charge in [-0.1, -0.05) is 6.92 Å². The lowest BCUT2D eigenvalue weighted by Gasteiger charge is -2.08. The highest BCUT2D eigenvalue weighted by atomic mass is 16.5. The Morgan fingerprint density at radius 1 is 1.37 bits per heavy atom. The molecule has 0 spiro atoms. The number of methoxy groups -OCH3 is 1. The molecule has 1 heterocycles. The SMILES string of the molecule is CCC(=O)NCCc1cncc2ccc(OC)cc12. The monoisotopic (exact) mass is 258 g/mol. The fourth-order valence-electron chi connectivity index (χ4n) is 1.99. The molecule has 0 unspecified atom stereocenters. The van der Waals surface area contributed by atoms with Crippen molar-refractivity contribution >= 4 is 16.7 Å². The fourth-order valence-corrected chi connectivity index (χ4v) is 1.99. The van der Waals surface area contributed by atoms with E-state index in [0.717, 1.165) is 28.5 Å². The Morgan fingerprint density at radius 3 is 2.95 bits per heavy atom. The summed E-state index contributed by atoms with van der Waals surface area (Å²) in [5.41, 5.74) is 1.12. The van der Waals surface area contributed by atoms with Crippen LogP contribution in [0.5, 0.6) is 5.75 Å². The molecule has 4 nitrogen and oxygen atoms in total. The van der Waals surface area contributed by atoms with Gasteiger partial charge in [0.15, 0.2) is 0 Å². The second-order valence-corrected chi connectivity index (χ2v) is 4.34. The van der Waals surface area contributed by atoms with Gasteiger partial charge in [-0.2, -0.15) is 0 Å². The Hall–Kier alpha value is -2.10. The van der Waals surface area contributed by atoms with Crippen molar-refractivity contribution in [2.24, 2.45) is 0 Å². The minimum absolute atomic E-state index is 0.0748. The first-order valence-electron chi connectivity index (χ1n) is 6.42. The predicted molar refractivity (Wildman–Crippen MR) is 75.3 cm³/mol. The van der Waals surface area contributed by atoms with Crippen molar-refractivity contribution in [3.63, 3.8) is 0 Å². The first-order valence-corrected chi connectivity index (χ1v) is 6.42. The zero-order chi connectivity index (χ0) is 13.7. The summed E-state index contributed by atoms with van der Waals surface area (Å²) >= 11 is 0. The molecular formula is C15H18N2O2. The van der Waals surface area contributed by atoms with Gasteiger partial charge in [0, 0.05) is 30.7 Å². The van der Waals surface area contributed by atoms with Crippen LogP contribution in [0.2, 0.25) is 0 Å². The number of nitrogens with zero attached hydrogens (tertiary/aromatic N) is 1. The molecule has 0 saturated heterocycles. The number of benzene rings is 1. The molecule has 0 fully saturated rings. The number of carbonyl (C=O) groups is 1. The van der Waals surface area contributed by atoms with E-state index in [-0.39, 0.29) is 5.91 Å². The van der Waals surface area contributed by atoms with Gasteiger partial charge < -0.3 is 10.1 Å². The maximum absolute atomic E-state index is 11.2. The zero-order valence-electron chi connectivity index (χ0n) is 11.3. The third kappa shape index (κ3) is 3.22. The molecule has 19 heavy (non-hydrogen) atoms. The normalized spacial score (nSPS) is 10.4. The smallest absolute Gasteiger partial charge is 0.219 e. The first kappa shape index (κ1) is 13.3. The molecule has 0 atom stereocenters. The van der Waals surface area contributed by atoms with E-state index >= 15 is 0 Å². The van der Waals surface area contributed by atoms with Crippen LogP contribution in [0.3, 0.4) is 0 Å². The number of fused-ring (bicyclic) bond motifs is 1. The van der Waals surface area contributed by atoms with Crippen molar-refractivity contribution in [3.8, 4) is 5.75 Å². The lowest BCUT2D eigenvalue weighted by molar-refractivity contribution is -0.120. The first-order chi connectivity index (χ1) is 9.24. The zero-order valence-corrected chi connectivity index (χ0v) is 11.3. The summed E-state index contributed by atoms with van der Waals surface area (Å²) in [6, 6.07) is 5.93. The van der Waals surface area contributed by atoms with Gasteiger partial charge in [0.05, 0.1) is 7.11 Å². The highest BCUT2D eigenvalue weighted by Crippen LogP contribution is 2.23. The van der Waals surface area contributed by atoms with E-state index in [2.05, 4.69) is 10.3 Å². The third-order valence-corrected chi connectivity index (χ3v) is 3.09. The summed E-state index contributed by atoms with van der Waals surface area (Å²) in [4.78, 5) is 15.5. The third-order valence-electron chi connectivity index (χ3n) is 3.09. The average molecular weight is 258 g/mol. The number of nitrogens with one attached hydrogen (secondary N) is 1. The van der Waals surface area contributed by atoms with E-state index in [1.807, 2.05) is 37.5 Å². The van der Waals surface area contributed by atoms with Gasteiger partial charge in [0.2, 0.25) is 5.91 Å². The van der Waals surface area contributed by atoms with Gasteiger partial charge in [-0.25, -0.2) is 0 Å². The average Bonchev–Trinajstić information content (AvgIpc) is 2.46. The highest BCUT2D eigenvalue weighted by Gasteiger charge is 2.04. The number of aromatic nitrogens is 1. The maximum atomic E-state index is 11.2. The molecule has 1 amide bonds. The van der Waals surface area contributed by atoms with Gasteiger partial charge in [-0.05, 0) is 35.6 Å². The number of carbonyl (C=O) groups excluding carboxylic acids is 1. The summed E-state index contributed by atoms with van der Waals surface area (Å²) in [5.74, 6) is 0.906. The maximum Gasteiger partial charge on any atom is 0.219 e. The second kappa shape index (κ2) is 6.18. The van der Waals surface area contributed by atoms with Crippen molar-refractivity contribution in [1.29, 1.82) is 0 Å². The molecule has 0 aliphatic heterocycles. The van der Waals surface area contributed by atoms with Crippen LogP contribution in [0, 0.1) is 0 Å². The Balaban J connectivity index is 2.19. The quantitative estimate of drug-likeness (QED) is 0.895. The van der Waals surface area contributed by atoms with Gasteiger partial charge in [-0.3, -0.25) is 9.78 Å².